The lowest BCUT2D eigenvalue weighted by molar-refractivity contribution is -0.384. The number of carbonyl (C=O) groups excluding carboxylic acids is 2. The van der Waals surface area contributed by atoms with E-state index in [0.29, 0.717) is 27.7 Å². The van der Waals surface area contributed by atoms with Crippen molar-refractivity contribution in [3.05, 3.63) is 75.0 Å². The standard InChI is InChI=1S/C21H19N3O5/c1-12-7-8-17-15(9-12)16(10-14(3)22-17)21(26)29-11-19(25)23-20-13(2)5-4-6-18(20)24(27)28/h4-10H,11H2,1-3H3,(H,23,25). The predicted molar refractivity (Wildman–Crippen MR) is 108 cm³/mol. The van der Waals surface area contributed by atoms with E-state index in [9.17, 15) is 19.7 Å². The molecule has 148 valence electrons. The quantitative estimate of drug-likeness (QED) is 0.400. The summed E-state index contributed by atoms with van der Waals surface area (Å²) >= 11 is 0. The van der Waals surface area contributed by atoms with E-state index in [4.69, 9.17) is 4.74 Å². The number of rotatable bonds is 5. The van der Waals surface area contributed by atoms with Crippen LogP contribution in [0.2, 0.25) is 0 Å². The van der Waals surface area contributed by atoms with E-state index in [2.05, 4.69) is 10.3 Å². The molecule has 0 spiro atoms. The van der Waals surface area contributed by atoms with Gasteiger partial charge < -0.3 is 10.1 Å². The Labute approximate surface area is 166 Å². The van der Waals surface area contributed by atoms with Crippen molar-refractivity contribution < 1.29 is 19.2 Å². The normalized spacial score (nSPS) is 10.6. The summed E-state index contributed by atoms with van der Waals surface area (Å²) in [6.45, 7) is 4.74. The van der Waals surface area contributed by atoms with Crippen molar-refractivity contribution in [1.82, 2.24) is 4.98 Å². The number of ether oxygens (including phenoxy) is 1. The number of benzene rings is 2. The summed E-state index contributed by atoms with van der Waals surface area (Å²) < 4.78 is 5.16. The van der Waals surface area contributed by atoms with Crippen LogP contribution in [0.25, 0.3) is 10.9 Å². The van der Waals surface area contributed by atoms with Gasteiger partial charge in [-0.1, -0.05) is 23.8 Å². The fourth-order valence-electron chi connectivity index (χ4n) is 2.99. The number of hydrogen-bond donors (Lipinski definition) is 1. The van der Waals surface area contributed by atoms with Crippen molar-refractivity contribution in [3.63, 3.8) is 0 Å². The van der Waals surface area contributed by atoms with Crippen LogP contribution in [0.3, 0.4) is 0 Å². The van der Waals surface area contributed by atoms with Crippen molar-refractivity contribution in [3.8, 4) is 0 Å². The molecule has 0 radical (unpaired) electrons. The first-order valence-corrected chi connectivity index (χ1v) is 8.85. The van der Waals surface area contributed by atoms with Crippen LogP contribution in [0.15, 0.2) is 42.5 Å². The maximum absolute atomic E-state index is 12.6. The number of aromatic nitrogens is 1. The van der Waals surface area contributed by atoms with Gasteiger partial charge in [0.25, 0.3) is 11.6 Å². The van der Waals surface area contributed by atoms with Gasteiger partial charge in [-0.25, -0.2) is 4.79 Å². The lowest BCUT2D eigenvalue weighted by Crippen LogP contribution is -2.22. The highest BCUT2D eigenvalue weighted by Crippen LogP contribution is 2.27. The van der Waals surface area contributed by atoms with E-state index in [0.717, 1.165) is 5.56 Å². The Bertz CT molecular complexity index is 1140. The number of amides is 1. The first-order chi connectivity index (χ1) is 13.8. The van der Waals surface area contributed by atoms with Gasteiger partial charge in [0.1, 0.15) is 5.69 Å². The number of pyridine rings is 1. The van der Waals surface area contributed by atoms with E-state index >= 15 is 0 Å². The second-order valence-corrected chi connectivity index (χ2v) is 6.68. The molecule has 29 heavy (non-hydrogen) atoms. The fraction of sp³-hybridized carbons (Fsp3) is 0.190. The molecule has 0 fully saturated rings. The Morgan fingerprint density at radius 2 is 1.90 bits per heavy atom. The second-order valence-electron chi connectivity index (χ2n) is 6.68. The zero-order valence-electron chi connectivity index (χ0n) is 16.2. The molecule has 0 unspecified atom stereocenters. The SMILES string of the molecule is Cc1ccc2nc(C)cc(C(=O)OCC(=O)Nc3c(C)cccc3[N+](=O)[O-])c2c1. The van der Waals surface area contributed by atoms with Crippen LogP contribution in [-0.4, -0.2) is 28.4 Å². The van der Waals surface area contributed by atoms with Gasteiger partial charge in [-0.15, -0.1) is 0 Å². The molecule has 0 saturated carbocycles. The molecule has 0 aliphatic rings. The zero-order chi connectivity index (χ0) is 21.1. The Hall–Kier alpha value is -3.81. The minimum Gasteiger partial charge on any atom is -0.452 e. The molecule has 0 bridgehead atoms. The number of nitrogens with zero attached hydrogens (tertiary/aromatic N) is 2. The monoisotopic (exact) mass is 393 g/mol. The highest BCUT2D eigenvalue weighted by molar-refractivity contribution is 6.05. The van der Waals surface area contributed by atoms with Crippen molar-refractivity contribution in [2.75, 3.05) is 11.9 Å². The van der Waals surface area contributed by atoms with Crippen LogP contribution in [0.4, 0.5) is 11.4 Å². The number of para-hydroxylation sites is 1. The smallest absolute Gasteiger partial charge is 0.339 e. The van der Waals surface area contributed by atoms with Gasteiger partial charge in [-0.3, -0.25) is 19.9 Å². The Kier molecular flexibility index (Phi) is 5.54. The molecular weight excluding hydrogens is 374 g/mol. The summed E-state index contributed by atoms with van der Waals surface area (Å²) in [5.41, 5.74) is 2.96. The molecule has 1 amide bonds. The molecule has 1 aromatic heterocycles. The van der Waals surface area contributed by atoms with Crippen molar-refractivity contribution in [2.24, 2.45) is 0 Å². The van der Waals surface area contributed by atoms with Crippen LogP contribution < -0.4 is 5.32 Å². The second kappa shape index (κ2) is 8.05. The lowest BCUT2D eigenvalue weighted by Gasteiger charge is -2.11. The maximum atomic E-state index is 12.6. The predicted octanol–water partition coefficient (Wildman–Crippen LogP) is 3.86. The Morgan fingerprint density at radius 3 is 2.62 bits per heavy atom. The minimum atomic E-state index is -0.666. The van der Waals surface area contributed by atoms with E-state index in [1.54, 1.807) is 26.0 Å². The van der Waals surface area contributed by atoms with Crippen molar-refractivity contribution in [1.29, 1.82) is 0 Å². The van der Waals surface area contributed by atoms with Crippen molar-refractivity contribution >= 4 is 34.2 Å². The zero-order valence-corrected chi connectivity index (χ0v) is 16.2. The Balaban J connectivity index is 1.77. The first-order valence-electron chi connectivity index (χ1n) is 8.85. The van der Waals surface area contributed by atoms with E-state index in [1.165, 1.54) is 12.1 Å². The number of aryl methyl sites for hydroxylation is 3. The van der Waals surface area contributed by atoms with Gasteiger partial charge in [-0.05, 0) is 44.5 Å². The third-order valence-electron chi connectivity index (χ3n) is 4.36. The molecule has 8 heteroatoms. The van der Waals surface area contributed by atoms with E-state index in [1.807, 2.05) is 25.1 Å². The molecule has 0 aliphatic heterocycles. The molecule has 1 N–H and O–H groups in total. The summed E-state index contributed by atoms with van der Waals surface area (Å²) in [6, 6.07) is 11.6. The molecule has 3 aromatic rings. The first kappa shape index (κ1) is 19.9. The molecule has 1 heterocycles. The summed E-state index contributed by atoms with van der Waals surface area (Å²) in [5, 5.41) is 14.2. The van der Waals surface area contributed by atoms with E-state index < -0.39 is 23.4 Å². The number of anilines is 1. The van der Waals surface area contributed by atoms with Gasteiger partial charge in [0, 0.05) is 17.1 Å². The molecule has 0 aliphatic carbocycles. The van der Waals surface area contributed by atoms with Crippen LogP contribution in [0.1, 0.15) is 27.2 Å². The van der Waals surface area contributed by atoms with Gasteiger partial charge in [0.15, 0.2) is 6.61 Å². The number of nitrogens with one attached hydrogen (secondary N) is 1. The Morgan fingerprint density at radius 1 is 1.14 bits per heavy atom. The molecule has 8 nitrogen and oxygen atoms in total. The van der Waals surface area contributed by atoms with Gasteiger partial charge in [0.05, 0.1) is 16.0 Å². The van der Waals surface area contributed by atoms with Crippen LogP contribution in [-0.2, 0) is 9.53 Å². The number of hydrogen-bond acceptors (Lipinski definition) is 6. The minimum absolute atomic E-state index is 0.0828. The van der Waals surface area contributed by atoms with E-state index in [-0.39, 0.29) is 11.4 Å². The fourth-order valence-corrected chi connectivity index (χ4v) is 2.99. The van der Waals surface area contributed by atoms with Crippen molar-refractivity contribution in [2.45, 2.75) is 20.8 Å². The van der Waals surface area contributed by atoms with Gasteiger partial charge in [0.2, 0.25) is 0 Å². The lowest BCUT2D eigenvalue weighted by atomic mass is 10.1. The molecule has 2 aromatic carbocycles. The van der Waals surface area contributed by atoms with Gasteiger partial charge in [-0.2, -0.15) is 0 Å². The highest BCUT2D eigenvalue weighted by Gasteiger charge is 2.19. The molecule has 0 atom stereocenters. The van der Waals surface area contributed by atoms with Crippen LogP contribution >= 0.6 is 0 Å². The topological polar surface area (TPSA) is 111 Å². The number of fused-ring (bicyclic) bond motifs is 1. The summed E-state index contributed by atoms with van der Waals surface area (Å²) in [6.07, 6.45) is 0. The third-order valence-corrected chi connectivity index (χ3v) is 4.36. The molecule has 0 saturated heterocycles. The largest absolute Gasteiger partial charge is 0.452 e. The van der Waals surface area contributed by atoms with Crippen LogP contribution in [0.5, 0.6) is 0 Å². The molecule has 3 rings (SSSR count). The summed E-state index contributed by atoms with van der Waals surface area (Å²) in [4.78, 5) is 39.8. The maximum Gasteiger partial charge on any atom is 0.339 e. The van der Waals surface area contributed by atoms with Gasteiger partial charge >= 0.3 is 5.97 Å². The summed E-state index contributed by atoms with van der Waals surface area (Å²) in [7, 11) is 0. The average molecular weight is 393 g/mol. The van der Waals surface area contributed by atoms with Crippen LogP contribution in [0, 0.1) is 30.9 Å². The number of nitro benzene ring substituents is 1. The molecular formula is C21H19N3O5. The average Bonchev–Trinajstić information content (AvgIpc) is 2.67. The highest BCUT2D eigenvalue weighted by atomic mass is 16.6. The number of nitro groups is 1. The number of carbonyl (C=O) groups is 2. The number of esters is 1. The summed E-state index contributed by atoms with van der Waals surface area (Å²) in [5.74, 6) is -1.33. The third kappa shape index (κ3) is 4.37.